The number of hydrogen-bond donors (Lipinski definition) is 2. The van der Waals surface area contributed by atoms with E-state index in [-0.39, 0.29) is 0 Å². The minimum atomic E-state index is 0.454. The molecule has 17 heavy (non-hydrogen) atoms. The van der Waals surface area contributed by atoms with Crippen LogP contribution in [0.15, 0.2) is 12.1 Å². The van der Waals surface area contributed by atoms with E-state index in [1.807, 2.05) is 13.1 Å². The fraction of sp³-hybridized carbons (Fsp3) is 0.571. The van der Waals surface area contributed by atoms with Crippen molar-refractivity contribution in [2.45, 2.75) is 26.7 Å². The lowest BCUT2D eigenvalue weighted by Gasteiger charge is -2.18. The molecule has 0 unspecified atom stereocenters. The van der Waals surface area contributed by atoms with Crippen LogP contribution in [0.1, 0.15) is 24.0 Å². The molecule has 1 aromatic rings. The average Bonchev–Trinajstić information content (AvgIpc) is 2.97. The quantitative estimate of drug-likeness (QED) is 0.840. The number of nitrogens with one attached hydrogen (secondary N) is 2. The fourth-order valence-electron chi connectivity index (χ4n) is 2.38. The maximum Gasteiger partial charge on any atom is 0.0642 e. The summed E-state index contributed by atoms with van der Waals surface area (Å²) in [5.74, 6) is 0. The van der Waals surface area contributed by atoms with Crippen molar-refractivity contribution in [2.24, 2.45) is 5.41 Å². The third-order valence-corrected chi connectivity index (χ3v) is 3.88. The molecular formula is C14H21ClN2. The molecule has 1 aliphatic rings. The van der Waals surface area contributed by atoms with Crippen LogP contribution < -0.4 is 10.6 Å². The second-order valence-electron chi connectivity index (χ2n) is 5.32. The van der Waals surface area contributed by atoms with E-state index in [1.165, 1.54) is 24.0 Å². The van der Waals surface area contributed by atoms with E-state index >= 15 is 0 Å². The third-order valence-electron chi connectivity index (χ3n) is 3.58. The van der Waals surface area contributed by atoms with Gasteiger partial charge in [0.2, 0.25) is 0 Å². The topological polar surface area (TPSA) is 24.1 Å². The van der Waals surface area contributed by atoms with Gasteiger partial charge in [0.05, 0.1) is 10.7 Å². The molecule has 1 aliphatic carbocycles. The Kier molecular flexibility index (Phi) is 3.64. The molecule has 3 heteroatoms. The molecule has 2 nitrogen and oxygen atoms in total. The van der Waals surface area contributed by atoms with E-state index in [9.17, 15) is 0 Å². The van der Waals surface area contributed by atoms with E-state index in [2.05, 4.69) is 30.5 Å². The first-order valence-corrected chi connectivity index (χ1v) is 6.59. The molecule has 0 bridgehead atoms. The SMILES string of the molecule is CNCC1(CNc2c(C)cc(C)cc2Cl)CC1. The van der Waals surface area contributed by atoms with Gasteiger partial charge >= 0.3 is 0 Å². The standard InChI is InChI=1S/C14H21ClN2/c1-10-6-11(2)13(12(15)7-10)17-9-14(4-5-14)8-16-3/h6-7,16-17H,4-5,8-9H2,1-3H3. The molecule has 0 aromatic heterocycles. The molecule has 2 rings (SSSR count). The number of anilines is 1. The number of hydrogen-bond acceptors (Lipinski definition) is 2. The van der Waals surface area contributed by atoms with Crippen molar-refractivity contribution in [3.05, 3.63) is 28.3 Å². The van der Waals surface area contributed by atoms with Crippen LogP contribution in [0.5, 0.6) is 0 Å². The van der Waals surface area contributed by atoms with Crippen molar-refractivity contribution < 1.29 is 0 Å². The number of halogens is 1. The zero-order valence-electron chi connectivity index (χ0n) is 10.9. The van der Waals surface area contributed by atoms with Gasteiger partial charge in [-0.2, -0.15) is 0 Å². The lowest BCUT2D eigenvalue weighted by molar-refractivity contribution is 0.507. The van der Waals surface area contributed by atoms with E-state index in [1.54, 1.807) is 0 Å². The minimum absolute atomic E-state index is 0.454. The average molecular weight is 253 g/mol. The smallest absolute Gasteiger partial charge is 0.0642 e. The van der Waals surface area contributed by atoms with Gasteiger partial charge in [-0.1, -0.05) is 17.7 Å². The van der Waals surface area contributed by atoms with Gasteiger partial charge in [-0.15, -0.1) is 0 Å². The van der Waals surface area contributed by atoms with Crippen molar-refractivity contribution in [1.82, 2.24) is 5.32 Å². The molecule has 0 saturated heterocycles. The number of aryl methyl sites for hydroxylation is 2. The second-order valence-corrected chi connectivity index (χ2v) is 5.73. The van der Waals surface area contributed by atoms with Crippen LogP contribution in [-0.4, -0.2) is 20.1 Å². The van der Waals surface area contributed by atoms with E-state index in [0.717, 1.165) is 23.8 Å². The molecule has 0 heterocycles. The van der Waals surface area contributed by atoms with Crippen molar-refractivity contribution >= 4 is 17.3 Å². The highest BCUT2D eigenvalue weighted by molar-refractivity contribution is 6.33. The van der Waals surface area contributed by atoms with Crippen LogP contribution in [0.25, 0.3) is 0 Å². The first-order valence-electron chi connectivity index (χ1n) is 6.22. The van der Waals surface area contributed by atoms with Gasteiger partial charge in [-0.05, 0) is 50.9 Å². The largest absolute Gasteiger partial charge is 0.383 e. The van der Waals surface area contributed by atoms with Gasteiger partial charge < -0.3 is 10.6 Å². The Morgan fingerprint density at radius 1 is 1.24 bits per heavy atom. The molecule has 94 valence electrons. The maximum atomic E-state index is 6.28. The van der Waals surface area contributed by atoms with Crippen molar-refractivity contribution in [2.75, 3.05) is 25.5 Å². The van der Waals surface area contributed by atoms with Crippen molar-refractivity contribution in [1.29, 1.82) is 0 Å². The van der Waals surface area contributed by atoms with Crippen LogP contribution in [0.3, 0.4) is 0 Å². The third kappa shape index (κ3) is 2.93. The van der Waals surface area contributed by atoms with Crippen molar-refractivity contribution in [3.63, 3.8) is 0 Å². The summed E-state index contributed by atoms with van der Waals surface area (Å²) in [5.41, 5.74) is 4.00. The summed E-state index contributed by atoms with van der Waals surface area (Å²) >= 11 is 6.28. The Labute approximate surface area is 109 Å². The van der Waals surface area contributed by atoms with Gasteiger partial charge in [-0.3, -0.25) is 0 Å². The first-order chi connectivity index (χ1) is 8.06. The second kappa shape index (κ2) is 4.87. The summed E-state index contributed by atoms with van der Waals surface area (Å²) in [6.45, 7) is 6.28. The van der Waals surface area contributed by atoms with E-state index in [4.69, 9.17) is 11.6 Å². The van der Waals surface area contributed by atoms with E-state index in [0.29, 0.717) is 5.41 Å². The van der Waals surface area contributed by atoms with Gasteiger partial charge in [0.1, 0.15) is 0 Å². The lowest BCUT2D eigenvalue weighted by atomic mass is 10.1. The van der Waals surface area contributed by atoms with Crippen LogP contribution in [-0.2, 0) is 0 Å². The van der Waals surface area contributed by atoms with Crippen molar-refractivity contribution in [3.8, 4) is 0 Å². The molecule has 0 amide bonds. The molecule has 0 aliphatic heterocycles. The number of rotatable bonds is 5. The Balaban J connectivity index is 2.04. The lowest BCUT2D eigenvalue weighted by Crippen LogP contribution is -2.27. The van der Waals surface area contributed by atoms with Gasteiger partial charge in [0.25, 0.3) is 0 Å². The van der Waals surface area contributed by atoms with Crippen LogP contribution >= 0.6 is 11.6 Å². The molecule has 0 spiro atoms. The predicted octanol–water partition coefficient (Wildman–Crippen LogP) is 3.37. The summed E-state index contributed by atoms with van der Waals surface area (Å²) in [5, 5.41) is 7.63. The summed E-state index contributed by atoms with van der Waals surface area (Å²) in [4.78, 5) is 0. The van der Waals surface area contributed by atoms with Gasteiger partial charge in [0.15, 0.2) is 0 Å². The number of benzene rings is 1. The Hall–Kier alpha value is -0.730. The molecule has 1 saturated carbocycles. The summed E-state index contributed by atoms with van der Waals surface area (Å²) in [6, 6.07) is 4.19. The molecular weight excluding hydrogens is 232 g/mol. The minimum Gasteiger partial charge on any atom is -0.383 e. The highest BCUT2D eigenvalue weighted by Crippen LogP contribution is 2.45. The van der Waals surface area contributed by atoms with Crippen LogP contribution in [0.4, 0.5) is 5.69 Å². The monoisotopic (exact) mass is 252 g/mol. The Bertz CT molecular complexity index is 388. The van der Waals surface area contributed by atoms with E-state index < -0.39 is 0 Å². The molecule has 0 radical (unpaired) electrons. The van der Waals surface area contributed by atoms with Crippen LogP contribution in [0.2, 0.25) is 5.02 Å². The summed E-state index contributed by atoms with van der Waals surface area (Å²) in [6.07, 6.45) is 2.62. The van der Waals surface area contributed by atoms with Gasteiger partial charge in [-0.25, -0.2) is 0 Å². The Morgan fingerprint density at radius 2 is 1.94 bits per heavy atom. The summed E-state index contributed by atoms with van der Waals surface area (Å²) < 4.78 is 0. The fourth-order valence-corrected chi connectivity index (χ4v) is 2.77. The summed E-state index contributed by atoms with van der Waals surface area (Å²) in [7, 11) is 2.02. The highest BCUT2D eigenvalue weighted by atomic mass is 35.5. The molecule has 1 aromatic carbocycles. The predicted molar refractivity (Wildman–Crippen MR) is 75.0 cm³/mol. The highest BCUT2D eigenvalue weighted by Gasteiger charge is 2.41. The zero-order chi connectivity index (χ0) is 12.5. The molecule has 2 N–H and O–H groups in total. The zero-order valence-corrected chi connectivity index (χ0v) is 11.6. The Morgan fingerprint density at radius 3 is 2.47 bits per heavy atom. The maximum absolute atomic E-state index is 6.28. The normalized spacial score (nSPS) is 16.9. The molecule has 0 atom stereocenters. The first kappa shape index (κ1) is 12.7. The molecule has 1 fully saturated rings. The van der Waals surface area contributed by atoms with Crippen LogP contribution in [0, 0.1) is 19.3 Å². The van der Waals surface area contributed by atoms with Gasteiger partial charge in [0, 0.05) is 18.5 Å².